The summed E-state index contributed by atoms with van der Waals surface area (Å²) in [6.07, 6.45) is 2.77. The summed E-state index contributed by atoms with van der Waals surface area (Å²) < 4.78 is 5.36. The average Bonchev–Trinajstić information content (AvgIpc) is 2.25. The maximum Gasteiger partial charge on any atom is 0.126 e. The standard InChI is InChI=1S/C14H19NO/c1-10-6-5-7-13(16-4)14(10)11(2)8-9-12(3)15/h5-8H,3,9,15H2,1-2,4H3/b11-8+. The fourth-order valence-corrected chi connectivity index (χ4v) is 1.70. The van der Waals surface area contributed by atoms with E-state index in [2.05, 4.69) is 32.6 Å². The van der Waals surface area contributed by atoms with Gasteiger partial charge in [-0.1, -0.05) is 24.8 Å². The van der Waals surface area contributed by atoms with Crippen LogP contribution in [-0.2, 0) is 0 Å². The van der Waals surface area contributed by atoms with E-state index < -0.39 is 0 Å². The minimum absolute atomic E-state index is 0.673. The van der Waals surface area contributed by atoms with Gasteiger partial charge in [0.25, 0.3) is 0 Å². The van der Waals surface area contributed by atoms with Gasteiger partial charge in [-0.15, -0.1) is 0 Å². The van der Waals surface area contributed by atoms with E-state index in [-0.39, 0.29) is 0 Å². The van der Waals surface area contributed by atoms with Gasteiger partial charge >= 0.3 is 0 Å². The molecule has 0 saturated heterocycles. The van der Waals surface area contributed by atoms with E-state index in [1.807, 2.05) is 12.1 Å². The first-order valence-electron chi connectivity index (χ1n) is 5.30. The Balaban J connectivity index is 3.11. The summed E-state index contributed by atoms with van der Waals surface area (Å²) in [4.78, 5) is 0. The molecule has 0 saturated carbocycles. The third-order valence-corrected chi connectivity index (χ3v) is 2.52. The van der Waals surface area contributed by atoms with Crippen molar-refractivity contribution in [1.29, 1.82) is 0 Å². The first kappa shape index (κ1) is 12.4. The summed E-state index contributed by atoms with van der Waals surface area (Å²) in [5, 5.41) is 0. The number of allylic oxidation sites excluding steroid dienone is 2. The van der Waals surface area contributed by atoms with Gasteiger partial charge in [-0.25, -0.2) is 0 Å². The first-order valence-corrected chi connectivity index (χ1v) is 5.30. The highest BCUT2D eigenvalue weighted by Gasteiger charge is 2.07. The number of ether oxygens (including phenoxy) is 1. The van der Waals surface area contributed by atoms with E-state index in [1.54, 1.807) is 7.11 Å². The normalized spacial score (nSPS) is 11.3. The molecular weight excluding hydrogens is 198 g/mol. The van der Waals surface area contributed by atoms with Gasteiger partial charge in [0.2, 0.25) is 0 Å². The molecule has 2 heteroatoms. The Morgan fingerprint density at radius 3 is 2.75 bits per heavy atom. The molecule has 1 aromatic carbocycles. The van der Waals surface area contributed by atoms with Gasteiger partial charge in [-0.05, 0) is 31.1 Å². The molecular formula is C14H19NO. The van der Waals surface area contributed by atoms with Crippen molar-refractivity contribution in [2.45, 2.75) is 20.3 Å². The lowest BCUT2D eigenvalue weighted by molar-refractivity contribution is 0.413. The fourth-order valence-electron chi connectivity index (χ4n) is 1.70. The zero-order valence-electron chi connectivity index (χ0n) is 10.2. The molecule has 86 valence electrons. The van der Waals surface area contributed by atoms with Crippen molar-refractivity contribution in [1.82, 2.24) is 0 Å². The van der Waals surface area contributed by atoms with Crippen LogP contribution in [0.15, 0.2) is 36.6 Å². The van der Waals surface area contributed by atoms with Crippen LogP contribution in [0.4, 0.5) is 0 Å². The second kappa shape index (κ2) is 5.40. The minimum Gasteiger partial charge on any atom is -0.496 e. The van der Waals surface area contributed by atoms with Crippen LogP contribution >= 0.6 is 0 Å². The molecule has 0 aromatic heterocycles. The highest BCUT2D eigenvalue weighted by Crippen LogP contribution is 2.29. The molecule has 0 atom stereocenters. The van der Waals surface area contributed by atoms with Crippen LogP contribution in [0, 0.1) is 6.92 Å². The summed E-state index contributed by atoms with van der Waals surface area (Å²) in [6.45, 7) is 7.83. The number of aryl methyl sites for hydroxylation is 1. The molecule has 0 heterocycles. The Kier molecular flexibility index (Phi) is 4.18. The van der Waals surface area contributed by atoms with E-state index in [0.717, 1.165) is 11.3 Å². The predicted octanol–water partition coefficient (Wildman–Crippen LogP) is 3.27. The molecule has 0 radical (unpaired) electrons. The Morgan fingerprint density at radius 2 is 2.19 bits per heavy atom. The van der Waals surface area contributed by atoms with Crippen molar-refractivity contribution in [2.75, 3.05) is 7.11 Å². The molecule has 0 unspecified atom stereocenters. The Bertz CT molecular complexity index is 419. The van der Waals surface area contributed by atoms with E-state index in [0.29, 0.717) is 12.1 Å². The second-order valence-electron chi connectivity index (χ2n) is 3.90. The summed E-state index contributed by atoms with van der Waals surface area (Å²) in [7, 11) is 1.69. The minimum atomic E-state index is 0.673. The van der Waals surface area contributed by atoms with Gasteiger partial charge in [-0.3, -0.25) is 0 Å². The number of hydrogen-bond donors (Lipinski definition) is 1. The number of rotatable bonds is 4. The second-order valence-corrected chi connectivity index (χ2v) is 3.90. The third kappa shape index (κ3) is 2.89. The zero-order chi connectivity index (χ0) is 12.1. The average molecular weight is 217 g/mol. The Labute approximate surface area is 97.4 Å². The smallest absolute Gasteiger partial charge is 0.126 e. The number of hydrogen-bond acceptors (Lipinski definition) is 2. The molecule has 2 nitrogen and oxygen atoms in total. The molecule has 0 amide bonds. The molecule has 2 N–H and O–H groups in total. The van der Waals surface area contributed by atoms with Gasteiger partial charge in [0.15, 0.2) is 0 Å². The summed E-state index contributed by atoms with van der Waals surface area (Å²) >= 11 is 0. The maximum absolute atomic E-state index is 5.56. The van der Waals surface area contributed by atoms with Gasteiger partial charge in [0.1, 0.15) is 5.75 Å². The predicted molar refractivity (Wildman–Crippen MR) is 69.3 cm³/mol. The fraction of sp³-hybridized carbons (Fsp3) is 0.286. The third-order valence-electron chi connectivity index (χ3n) is 2.52. The van der Waals surface area contributed by atoms with Crippen LogP contribution in [0.2, 0.25) is 0 Å². The van der Waals surface area contributed by atoms with Crippen molar-refractivity contribution in [3.8, 4) is 5.75 Å². The van der Waals surface area contributed by atoms with Crippen molar-refractivity contribution in [3.63, 3.8) is 0 Å². The van der Waals surface area contributed by atoms with Crippen molar-refractivity contribution < 1.29 is 4.74 Å². The lowest BCUT2D eigenvalue weighted by Gasteiger charge is -2.12. The van der Waals surface area contributed by atoms with Gasteiger partial charge in [0.05, 0.1) is 7.11 Å². The summed E-state index contributed by atoms with van der Waals surface area (Å²) in [5.74, 6) is 0.899. The highest BCUT2D eigenvalue weighted by atomic mass is 16.5. The van der Waals surface area contributed by atoms with Crippen LogP contribution in [0.5, 0.6) is 5.75 Å². The Hall–Kier alpha value is -1.70. The molecule has 0 aliphatic carbocycles. The summed E-state index contributed by atoms with van der Waals surface area (Å²) in [5.41, 5.74) is 9.75. The lowest BCUT2D eigenvalue weighted by Crippen LogP contribution is -1.95. The molecule has 0 aliphatic rings. The van der Waals surface area contributed by atoms with E-state index in [4.69, 9.17) is 10.5 Å². The molecule has 16 heavy (non-hydrogen) atoms. The topological polar surface area (TPSA) is 35.2 Å². The molecule has 1 aromatic rings. The van der Waals surface area contributed by atoms with Crippen molar-refractivity contribution >= 4 is 5.57 Å². The number of methoxy groups -OCH3 is 1. The van der Waals surface area contributed by atoms with Crippen LogP contribution in [0.3, 0.4) is 0 Å². The zero-order valence-corrected chi connectivity index (χ0v) is 10.2. The molecule has 0 aliphatic heterocycles. The number of benzene rings is 1. The van der Waals surface area contributed by atoms with Crippen LogP contribution in [-0.4, -0.2) is 7.11 Å². The van der Waals surface area contributed by atoms with E-state index in [1.165, 1.54) is 11.1 Å². The van der Waals surface area contributed by atoms with Crippen LogP contribution < -0.4 is 10.5 Å². The van der Waals surface area contributed by atoms with E-state index >= 15 is 0 Å². The number of nitrogens with two attached hydrogens (primary N) is 1. The van der Waals surface area contributed by atoms with E-state index in [9.17, 15) is 0 Å². The summed E-state index contributed by atoms with van der Waals surface area (Å²) in [6, 6.07) is 6.04. The van der Waals surface area contributed by atoms with Crippen molar-refractivity contribution in [2.24, 2.45) is 5.73 Å². The molecule has 0 spiro atoms. The van der Waals surface area contributed by atoms with Crippen molar-refractivity contribution in [3.05, 3.63) is 47.7 Å². The van der Waals surface area contributed by atoms with Gasteiger partial charge < -0.3 is 10.5 Å². The largest absolute Gasteiger partial charge is 0.496 e. The highest BCUT2D eigenvalue weighted by molar-refractivity contribution is 5.71. The van der Waals surface area contributed by atoms with Crippen LogP contribution in [0.1, 0.15) is 24.5 Å². The van der Waals surface area contributed by atoms with Crippen LogP contribution in [0.25, 0.3) is 5.57 Å². The van der Waals surface area contributed by atoms with Gasteiger partial charge in [-0.2, -0.15) is 0 Å². The monoisotopic (exact) mass is 217 g/mol. The lowest BCUT2D eigenvalue weighted by atomic mass is 9.99. The quantitative estimate of drug-likeness (QED) is 0.840. The van der Waals surface area contributed by atoms with Gasteiger partial charge in [0, 0.05) is 17.7 Å². The SMILES string of the molecule is C=C(N)C/C=C(\C)c1c(C)cccc1OC. The molecule has 1 rings (SSSR count). The first-order chi connectivity index (χ1) is 7.56. The Morgan fingerprint density at radius 1 is 1.50 bits per heavy atom. The maximum atomic E-state index is 5.56. The molecule has 0 fully saturated rings. The molecule has 0 bridgehead atoms.